The monoisotopic (exact) mass is 415 g/mol. The fourth-order valence-electron chi connectivity index (χ4n) is 2.90. The molecule has 0 saturated carbocycles. The lowest BCUT2D eigenvalue weighted by atomic mass is 10.2. The van der Waals surface area contributed by atoms with Crippen LogP contribution in [0.3, 0.4) is 0 Å². The molecule has 0 atom stereocenters. The highest BCUT2D eigenvalue weighted by atomic mass is 32.1. The number of aryl methyl sites for hydroxylation is 1. The maximum atomic E-state index is 12.5. The van der Waals surface area contributed by atoms with E-state index in [1.807, 2.05) is 48.9 Å². The van der Waals surface area contributed by atoms with E-state index < -0.39 is 0 Å². The van der Waals surface area contributed by atoms with E-state index in [2.05, 4.69) is 16.0 Å². The van der Waals surface area contributed by atoms with Crippen molar-refractivity contribution in [2.24, 2.45) is 0 Å². The Morgan fingerprint density at radius 2 is 1.83 bits per heavy atom. The average Bonchev–Trinajstić information content (AvgIpc) is 3.31. The van der Waals surface area contributed by atoms with Crippen molar-refractivity contribution < 1.29 is 14.3 Å². The second kappa shape index (κ2) is 9.42. The zero-order chi connectivity index (χ0) is 20.8. The molecule has 0 aliphatic rings. The molecule has 3 aromatic rings. The van der Waals surface area contributed by atoms with Crippen LogP contribution in [0.5, 0.6) is 5.75 Å². The van der Waals surface area contributed by atoms with Gasteiger partial charge < -0.3 is 20.7 Å². The Labute approximate surface area is 173 Å². The van der Waals surface area contributed by atoms with Crippen LogP contribution >= 0.6 is 11.3 Å². The highest BCUT2D eigenvalue weighted by molar-refractivity contribution is 7.20. The highest BCUT2D eigenvalue weighted by Crippen LogP contribution is 2.31. The number of hydrogen-bond acceptors (Lipinski definition) is 5. The molecule has 0 aliphatic heterocycles. The number of thiophene rings is 1. The predicted octanol–water partition coefficient (Wildman–Crippen LogP) is 2.71. The number of carbonyl (C=O) groups is 2. The first-order valence-corrected chi connectivity index (χ1v) is 10.3. The molecule has 0 saturated heterocycles. The SMILES string of the molecule is CCNC(=O)NCCNC(=O)c1cc2c(CC)nn(-c3ccc(OC)cc3)c2s1. The molecule has 9 heteroatoms. The Kier molecular flexibility index (Phi) is 6.71. The van der Waals surface area contributed by atoms with Gasteiger partial charge in [0.2, 0.25) is 0 Å². The molecule has 0 unspecified atom stereocenters. The molecule has 29 heavy (non-hydrogen) atoms. The van der Waals surface area contributed by atoms with E-state index in [-0.39, 0.29) is 11.9 Å². The second-order valence-corrected chi connectivity index (χ2v) is 7.31. The molecule has 3 amide bonds. The quantitative estimate of drug-likeness (QED) is 0.493. The van der Waals surface area contributed by atoms with Gasteiger partial charge in [-0.15, -0.1) is 11.3 Å². The Balaban J connectivity index is 1.75. The zero-order valence-corrected chi connectivity index (χ0v) is 17.6. The number of rotatable bonds is 8. The third-order valence-corrected chi connectivity index (χ3v) is 5.45. The van der Waals surface area contributed by atoms with Gasteiger partial charge in [0.25, 0.3) is 5.91 Å². The summed E-state index contributed by atoms with van der Waals surface area (Å²) in [4.78, 5) is 25.5. The summed E-state index contributed by atoms with van der Waals surface area (Å²) in [5, 5.41) is 13.9. The minimum Gasteiger partial charge on any atom is -0.497 e. The molecule has 3 rings (SSSR count). The molecule has 2 heterocycles. The van der Waals surface area contributed by atoms with Gasteiger partial charge in [-0.1, -0.05) is 6.92 Å². The molecule has 0 bridgehead atoms. The van der Waals surface area contributed by atoms with Crippen molar-refractivity contribution >= 4 is 33.5 Å². The van der Waals surface area contributed by atoms with Gasteiger partial charge in [0.15, 0.2) is 0 Å². The van der Waals surface area contributed by atoms with Crippen LogP contribution in [0.4, 0.5) is 4.79 Å². The number of hydrogen-bond donors (Lipinski definition) is 3. The van der Waals surface area contributed by atoms with Crippen LogP contribution in [-0.2, 0) is 6.42 Å². The van der Waals surface area contributed by atoms with Gasteiger partial charge in [-0.25, -0.2) is 9.48 Å². The minimum atomic E-state index is -0.240. The number of aromatic nitrogens is 2. The van der Waals surface area contributed by atoms with Gasteiger partial charge in [-0.3, -0.25) is 4.79 Å². The second-order valence-electron chi connectivity index (χ2n) is 6.28. The molecular formula is C20H25N5O3S. The maximum Gasteiger partial charge on any atom is 0.314 e. The first-order valence-electron chi connectivity index (χ1n) is 9.53. The van der Waals surface area contributed by atoms with Crippen LogP contribution in [0.25, 0.3) is 15.9 Å². The number of fused-ring (bicyclic) bond motifs is 1. The molecule has 0 spiro atoms. The van der Waals surface area contributed by atoms with E-state index in [0.717, 1.165) is 33.8 Å². The normalized spacial score (nSPS) is 10.7. The molecule has 8 nitrogen and oxygen atoms in total. The third kappa shape index (κ3) is 4.68. The topological polar surface area (TPSA) is 97.3 Å². The predicted molar refractivity (Wildman–Crippen MR) is 114 cm³/mol. The number of carbonyl (C=O) groups excluding carboxylic acids is 2. The number of methoxy groups -OCH3 is 1. The summed E-state index contributed by atoms with van der Waals surface area (Å²) in [5.41, 5.74) is 1.86. The lowest BCUT2D eigenvalue weighted by molar-refractivity contribution is 0.0958. The molecule has 1 aromatic carbocycles. The fraction of sp³-hybridized carbons (Fsp3) is 0.350. The Hall–Kier alpha value is -3.07. The smallest absolute Gasteiger partial charge is 0.314 e. The Morgan fingerprint density at radius 3 is 2.48 bits per heavy atom. The number of nitrogens with zero attached hydrogens (tertiary/aromatic N) is 2. The first-order chi connectivity index (χ1) is 14.1. The largest absolute Gasteiger partial charge is 0.497 e. The van der Waals surface area contributed by atoms with Crippen LogP contribution < -0.4 is 20.7 Å². The van der Waals surface area contributed by atoms with Crippen LogP contribution in [0, 0.1) is 0 Å². The minimum absolute atomic E-state index is 0.160. The lowest BCUT2D eigenvalue weighted by Crippen LogP contribution is -2.40. The number of ether oxygens (including phenoxy) is 1. The van der Waals surface area contributed by atoms with Crippen molar-refractivity contribution in [1.29, 1.82) is 0 Å². The standard InChI is InChI=1S/C20H25N5O3S/c1-4-16-15-12-17(18(26)22-10-11-23-20(27)21-5-2)29-19(15)25(24-16)13-6-8-14(28-3)9-7-13/h6-9,12H,4-5,10-11H2,1-3H3,(H,22,26)(H2,21,23,27). The van der Waals surface area contributed by atoms with Crippen LogP contribution in [0.2, 0.25) is 0 Å². The van der Waals surface area contributed by atoms with Crippen molar-refractivity contribution in [1.82, 2.24) is 25.7 Å². The van der Waals surface area contributed by atoms with E-state index in [0.29, 0.717) is 24.5 Å². The molecule has 0 radical (unpaired) electrons. The molecule has 154 valence electrons. The Bertz CT molecular complexity index is 994. The van der Waals surface area contributed by atoms with E-state index >= 15 is 0 Å². The van der Waals surface area contributed by atoms with Crippen LogP contribution in [-0.4, -0.2) is 48.5 Å². The summed E-state index contributed by atoms with van der Waals surface area (Å²) >= 11 is 1.40. The lowest BCUT2D eigenvalue weighted by Gasteiger charge is -2.06. The van der Waals surface area contributed by atoms with Gasteiger partial charge in [0.05, 0.1) is 23.4 Å². The number of nitrogens with one attached hydrogen (secondary N) is 3. The highest BCUT2D eigenvalue weighted by Gasteiger charge is 2.18. The van der Waals surface area contributed by atoms with Gasteiger partial charge in [0, 0.05) is 25.0 Å². The molecule has 3 N–H and O–H groups in total. The van der Waals surface area contributed by atoms with Gasteiger partial charge in [-0.05, 0) is 43.7 Å². The summed E-state index contributed by atoms with van der Waals surface area (Å²) in [6.45, 7) is 5.17. The molecular weight excluding hydrogens is 390 g/mol. The van der Waals surface area contributed by atoms with E-state index in [1.54, 1.807) is 7.11 Å². The van der Waals surface area contributed by atoms with Gasteiger partial charge >= 0.3 is 6.03 Å². The Morgan fingerprint density at radius 1 is 1.10 bits per heavy atom. The van der Waals surface area contributed by atoms with E-state index in [9.17, 15) is 9.59 Å². The number of benzene rings is 1. The molecule has 0 aliphatic carbocycles. The summed E-state index contributed by atoms with van der Waals surface area (Å²) < 4.78 is 7.09. The fourth-order valence-corrected chi connectivity index (χ4v) is 3.97. The van der Waals surface area contributed by atoms with Crippen molar-refractivity contribution in [2.75, 3.05) is 26.7 Å². The van der Waals surface area contributed by atoms with E-state index in [1.165, 1.54) is 11.3 Å². The van der Waals surface area contributed by atoms with Crippen LogP contribution in [0.1, 0.15) is 29.2 Å². The number of amides is 3. The van der Waals surface area contributed by atoms with Crippen molar-refractivity contribution in [3.8, 4) is 11.4 Å². The number of urea groups is 1. The maximum absolute atomic E-state index is 12.5. The average molecular weight is 416 g/mol. The van der Waals surface area contributed by atoms with Crippen molar-refractivity contribution in [3.63, 3.8) is 0 Å². The molecule has 2 aromatic heterocycles. The van der Waals surface area contributed by atoms with E-state index in [4.69, 9.17) is 9.84 Å². The summed E-state index contributed by atoms with van der Waals surface area (Å²) in [6.07, 6.45) is 0.772. The summed E-state index contributed by atoms with van der Waals surface area (Å²) in [6, 6.07) is 9.30. The van der Waals surface area contributed by atoms with Crippen LogP contribution in [0.15, 0.2) is 30.3 Å². The van der Waals surface area contributed by atoms with Crippen molar-refractivity contribution in [3.05, 3.63) is 40.9 Å². The summed E-state index contributed by atoms with van der Waals surface area (Å²) in [7, 11) is 1.63. The zero-order valence-electron chi connectivity index (χ0n) is 16.7. The summed E-state index contributed by atoms with van der Waals surface area (Å²) in [5.74, 6) is 0.618. The van der Waals surface area contributed by atoms with Gasteiger partial charge in [-0.2, -0.15) is 5.10 Å². The van der Waals surface area contributed by atoms with Crippen molar-refractivity contribution in [2.45, 2.75) is 20.3 Å². The molecule has 0 fully saturated rings. The van der Waals surface area contributed by atoms with Gasteiger partial charge in [0.1, 0.15) is 10.6 Å². The third-order valence-electron chi connectivity index (χ3n) is 4.35. The first kappa shape index (κ1) is 20.7.